The predicted octanol–water partition coefficient (Wildman–Crippen LogP) is 0.291. The van der Waals surface area contributed by atoms with Crippen molar-refractivity contribution in [3.63, 3.8) is 0 Å². The second kappa shape index (κ2) is 2.09. The Morgan fingerprint density at radius 3 is 3.60 bits per heavy atom. The number of rotatable bonds is 0. The molecule has 2 aliphatic rings. The quantitative estimate of drug-likeness (QED) is 0.522. The second-order valence-corrected chi connectivity index (χ2v) is 2.63. The Balaban J connectivity index is 2.22. The lowest BCUT2D eigenvalue weighted by molar-refractivity contribution is 0.197. The number of ether oxygens (including phenoxy) is 1. The van der Waals surface area contributed by atoms with Gasteiger partial charge >= 0.3 is 0 Å². The van der Waals surface area contributed by atoms with E-state index < -0.39 is 0 Å². The molecule has 1 saturated heterocycles. The molecule has 1 fully saturated rings. The average Bonchev–Trinajstić information content (AvgIpc) is 2.33. The molecule has 54 valence electrons. The number of amidine groups is 1. The molecule has 0 radical (unpaired) electrons. The second-order valence-electron chi connectivity index (χ2n) is 2.63. The van der Waals surface area contributed by atoms with E-state index >= 15 is 0 Å². The van der Waals surface area contributed by atoms with Crippen molar-refractivity contribution in [2.75, 3.05) is 13.2 Å². The van der Waals surface area contributed by atoms with Crippen molar-refractivity contribution < 1.29 is 4.74 Å². The molecule has 3 heteroatoms. The molecule has 10 heavy (non-hydrogen) atoms. The summed E-state index contributed by atoms with van der Waals surface area (Å²) in [7, 11) is 0. The largest absolute Gasteiger partial charge is 0.374 e. The van der Waals surface area contributed by atoms with Gasteiger partial charge in [0.15, 0.2) is 0 Å². The molecule has 0 bridgehead atoms. The number of fused-ring (bicyclic) bond motifs is 1. The van der Waals surface area contributed by atoms with Gasteiger partial charge in [0.2, 0.25) is 0 Å². The zero-order chi connectivity index (χ0) is 6.97. The monoisotopic (exact) mass is 138 g/mol. The van der Waals surface area contributed by atoms with Crippen LogP contribution in [0.2, 0.25) is 0 Å². The fraction of sp³-hybridized carbons (Fsp3) is 0.571. The Bertz CT molecular complexity index is 208. The molecule has 0 aromatic carbocycles. The van der Waals surface area contributed by atoms with Gasteiger partial charge in [0.05, 0.1) is 25.1 Å². The molecule has 3 nitrogen and oxygen atoms in total. The molecule has 0 amide bonds. The van der Waals surface area contributed by atoms with E-state index in [1.54, 1.807) is 0 Å². The van der Waals surface area contributed by atoms with Gasteiger partial charge in [-0.1, -0.05) is 0 Å². The third-order valence-corrected chi connectivity index (χ3v) is 1.81. The van der Waals surface area contributed by atoms with Crippen molar-refractivity contribution in [1.82, 2.24) is 5.32 Å². The summed E-state index contributed by atoms with van der Waals surface area (Å²) in [5.74, 6) is 0.985. The summed E-state index contributed by atoms with van der Waals surface area (Å²) in [5, 5.41) is 3.23. The standard InChI is InChI=1S/C7H10N2O/c1-5-8-2-6-3-10-4-7(6)9-5/h2,7H,3-4H2,1H3,(H,8,9). The number of aliphatic imine (C=N–C) groups is 1. The molecule has 1 N–H and O–H groups in total. The molecule has 0 aliphatic carbocycles. The summed E-state index contributed by atoms with van der Waals surface area (Å²) in [6.07, 6.45) is 1.91. The van der Waals surface area contributed by atoms with Crippen LogP contribution in [0.15, 0.2) is 16.8 Å². The van der Waals surface area contributed by atoms with Crippen LogP contribution in [0, 0.1) is 0 Å². The average molecular weight is 138 g/mol. The van der Waals surface area contributed by atoms with Gasteiger partial charge in [0.25, 0.3) is 0 Å². The van der Waals surface area contributed by atoms with Gasteiger partial charge in [0.1, 0.15) is 0 Å². The Labute approximate surface area is 59.8 Å². The molecule has 2 aliphatic heterocycles. The van der Waals surface area contributed by atoms with Gasteiger partial charge in [-0.2, -0.15) is 0 Å². The zero-order valence-corrected chi connectivity index (χ0v) is 5.92. The van der Waals surface area contributed by atoms with Crippen LogP contribution in [0.5, 0.6) is 0 Å². The highest BCUT2D eigenvalue weighted by atomic mass is 16.5. The van der Waals surface area contributed by atoms with Gasteiger partial charge in [-0.25, -0.2) is 4.99 Å². The molecule has 1 unspecified atom stereocenters. The van der Waals surface area contributed by atoms with Crippen molar-refractivity contribution in [2.45, 2.75) is 13.0 Å². The van der Waals surface area contributed by atoms with Crippen molar-refractivity contribution >= 4 is 5.84 Å². The first-order chi connectivity index (χ1) is 4.86. The lowest BCUT2D eigenvalue weighted by Crippen LogP contribution is -2.36. The molecular weight excluding hydrogens is 128 g/mol. The van der Waals surface area contributed by atoms with Crippen LogP contribution in [0.3, 0.4) is 0 Å². The van der Waals surface area contributed by atoms with E-state index in [1.807, 2.05) is 13.1 Å². The van der Waals surface area contributed by atoms with E-state index in [0.29, 0.717) is 6.04 Å². The minimum Gasteiger partial charge on any atom is -0.374 e. The number of nitrogens with one attached hydrogen (secondary N) is 1. The molecule has 0 aromatic heterocycles. The number of hydrogen-bond donors (Lipinski definition) is 1. The number of hydrogen-bond acceptors (Lipinski definition) is 3. The fourth-order valence-corrected chi connectivity index (χ4v) is 1.23. The summed E-state index contributed by atoms with van der Waals surface area (Å²) < 4.78 is 5.24. The van der Waals surface area contributed by atoms with Crippen LogP contribution in [0.25, 0.3) is 0 Å². The molecule has 0 saturated carbocycles. The number of nitrogens with zero attached hydrogens (tertiary/aromatic N) is 1. The Hall–Kier alpha value is -0.830. The molecule has 2 heterocycles. The molecule has 1 atom stereocenters. The van der Waals surface area contributed by atoms with Crippen molar-refractivity contribution in [3.05, 3.63) is 11.8 Å². The van der Waals surface area contributed by atoms with Gasteiger partial charge < -0.3 is 10.1 Å². The van der Waals surface area contributed by atoms with Crippen molar-refractivity contribution in [1.29, 1.82) is 0 Å². The first-order valence-electron chi connectivity index (χ1n) is 3.44. The molecule has 2 rings (SSSR count). The van der Waals surface area contributed by atoms with Gasteiger partial charge in [-0.3, -0.25) is 0 Å². The summed E-state index contributed by atoms with van der Waals surface area (Å²) in [6.45, 7) is 3.50. The lowest BCUT2D eigenvalue weighted by atomic mass is 10.1. The van der Waals surface area contributed by atoms with E-state index in [1.165, 1.54) is 5.57 Å². The molecule has 0 aromatic rings. The Morgan fingerprint density at radius 2 is 2.70 bits per heavy atom. The maximum Gasteiger partial charge on any atom is 0.0989 e. The third-order valence-electron chi connectivity index (χ3n) is 1.81. The summed E-state index contributed by atoms with van der Waals surface area (Å²) >= 11 is 0. The van der Waals surface area contributed by atoms with Crippen LogP contribution in [-0.4, -0.2) is 25.1 Å². The SMILES string of the molecule is CC1=NC=C2COCC2N1. The van der Waals surface area contributed by atoms with Crippen LogP contribution in [-0.2, 0) is 4.74 Å². The summed E-state index contributed by atoms with van der Waals surface area (Å²) in [5.41, 5.74) is 1.27. The van der Waals surface area contributed by atoms with Crippen LogP contribution in [0.1, 0.15) is 6.92 Å². The first-order valence-corrected chi connectivity index (χ1v) is 3.44. The topological polar surface area (TPSA) is 33.6 Å². The lowest BCUT2D eigenvalue weighted by Gasteiger charge is -2.16. The van der Waals surface area contributed by atoms with Gasteiger partial charge in [-0.15, -0.1) is 0 Å². The normalized spacial score (nSPS) is 30.3. The highest BCUT2D eigenvalue weighted by molar-refractivity contribution is 5.81. The highest BCUT2D eigenvalue weighted by Gasteiger charge is 2.23. The minimum absolute atomic E-state index is 0.400. The maximum atomic E-state index is 5.24. The third kappa shape index (κ3) is 0.827. The van der Waals surface area contributed by atoms with Gasteiger partial charge in [-0.05, 0) is 12.5 Å². The summed E-state index contributed by atoms with van der Waals surface area (Å²) in [4.78, 5) is 4.14. The minimum atomic E-state index is 0.400. The zero-order valence-electron chi connectivity index (χ0n) is 5.92. The Morgan fingerprint density at radius 1 is 1.80 bits per heavy atom. The molecular formula is C7H10N2O. The van der Waals surface area contributed by atoms with Crippen molar-refractivity contribution in [3.8, 4) is 0 Å². The van der Waals surface area contributed by atoms with E-state index in [9.17, 15) is 0 Å². The van der Waals surface area contributed by atoms with E-state index in [0.717, 1.165) is 19.0 Å². The highest BCUT2D eigenvalue weighted by Crippen LogP contribution is 2.14. The maximum absolute atomic E-state index is 5.24. The molecule has 0 spiro atoms. The van der Waals surface area contributed by atoms with Crippen LogP contribution < -0.4 is 5.32 Å². The van der Waals surface area contributed by atoms with Crippen LogP contribution in [0.4, 0.5) is 0 Å². The van der Waals surface area contributed by atoms with Crippen LogP contribution >= 0.6 is 0 Å². The Kier molecular flexibility index (Phi) is 1.24. The van der Waals surface area contributed by atoms with Crippen molar-refractivity contribution in [2.24, 2.45) is 4.99 Å². The fourth-order valence-electron chi connectivity index (χ4n) is 1.23. The van der Waals surface area contributed by atoms with E-state index in [2.05, 4.69) is 10.3 Å². The summed E-state index contributed by atoms with van der Waals surface area (Å²) in [6, 6.07) is 0.400. The van der Waals surface area contributed by atoms with Gasteiger partial charge in [0, 0.05) is 6.20 Å². The first kappa shape index (κ1) is 5.92. The smallest absolute Gasteiger partial charge is 0.0989 e. The van der Waals surface area contributed by atoms with E-state index in [-0.39, 0.29) is 0 Å². The predicted molar refractivity (Wildman–Crippen MR) is 38.9 cm³/mol. The van der Waals surface area contributed by atoms with E-state index in [4.69, 9.17) is 4.74 Å².